The summed E-state index contributed by atoms with van der Waals surface area (Å²) in [6.07, 6.45) is 9.46. The summed E-state index contributed by atoms with van der Waals surface area (Å²) in [4.78, 5) is 8.77. The van der Waals surface area contributed by atoms with E-state index in [2.05, 4.69) is 27.1 Å². The van der Waals surface area contributed by atoms with Gasteiger partial charge in [-0.2, -0.15) is 10.1 Å². The first-order valence-electron chi connectivity index (χ1n) is 10.8. The summed E-state index contributed by atoms with van der Waals surface area (Å²) in [5.74, 6) is 1.32. The number of hydrogen-bond acceptors (Lipinski definition) is 5. The van der Waals surface area contributed by atoms with Gasteiger partial charge in [0.05, 0.1) is 0 Å². The number of hydrogen-bond donors (Lipinski definition) is 1. The highest BCUT2D eigenvalue weighted by molar-refractivity contribution is 5.33. The van der Waals surface area contributed by atoms with Gasteiger partial charge in [-0.25, -0.2) is 23.1 Å². The lowest BCUT2D eigenvalue weighted by molar-refractivity contribution is 0.418. The van der Waals surface area contributed by atoms with E-state index in [4.69, 9.17) is 4.98 Å². The van der Waals surface area contributed by atoms with Crippen molar-refractivity contribution in [2.45, 2.75) is 57.5 Å². The first kappa shape index (κ1) is 21.9. The van der Waals surface area contributed by atoms with Crippen LogP contribution in [0.25, 0.3) is 0 Å². The number of halogens is 2. The van der Waals surface area contributed by atoms with E-state index >= 15 is 0 Å². The number of anilines is 1. The molecule has 0 radical (unpaired) electrons. The van der Waals surface area contributed by atoms with E-state index in [0.717, 1.165) is 43.6 Å². The Kier molecular flexibility index (Phi) is 6.72. The summed E-state index contributed by atoms with van der Waals surface area (Å²) < 4.78 is 30.8. The minimum Gasteiger partial charge on any atom is -0.330 e. The minimum absolute atomic E-state index is 0. The molecule has 4 rings (SSSR count). The van der Waals surface area contributed by atoms with Crippen molar-refractivity contribution >= 4 is 5.95 Å². The number of allylic oxidation sites excluding steroid dienone is 2. The van der Waals surface area contributed by atoms with Gasteiger partial charge in [0, 0.05) is 20.1 Å². The Morgan fingerprint density at radius 3 is 2.84 bits per heavy atom. The molecule has 1 aliphatic heterocycles. The molecule has 0 saturated carbocycles. The van der Waals surface area contributed by atoms with Gasteiger partial charge in [0.15, 0.2) is 0 Å². The molecule has 3 aromatic rings. The van der Waals surface area contributed by atoms with Gasteiger partial charge < -0.3 is 5.32 Å². The number of aryl methyl sites for hydroxylation is 2. The van der Waals surface area contributed by atoms with Gasteiger partial charge in [0.1, 0.15) is 35.7 Å². The molecular formula is C23H29F2N7. The summed E-state index contributed by atoms with van der Waals surface area (Å²) in [5, 5.41) is 11.8. The number of aromatic nitrogens is 6. The highest BCUT2D eigenvalue weighted by atomic mass is 19.1. The Morgan fingerprint density at radius 2 is 2.12 bits per heavy atom. The van der Waals surface area contributed by atoms with E-state index in [0.29, 0.717) is 18.2 Å². The molecule has 2 aromatic heterocycles. The van der Waals surface area contributed by atoms with Crippen LogP contribution in [-0.2, 0) is 6.54 Å². The van der Waals surface area contributed by atoms with E-state index in [1.165, 1.54) is 23.1 Å². The average molecular weight is 442 g/mol. The Hall–Kier alpha value is -3.36. The lowest BCUT2D eigenvalue weighted by Gasteiger charge is -2.20. The van der Waals surface area contributed by atoms with E-state index in [-0.39, 0.29) is 13.2 Å². The molecule has 9 heteroatoms. The van der Waals surface area contributed by atoms with E-state index in [1.54, 1.807) is 19.2 Å². The summed E-state index contributed by atoms with van der Waals surface area (Å²) in [5.41, 5.74) is 1.04. The molecule has 0 amide bonds. The molecule has 2 atom stereocenters. The van der Waals surface area contributed by atoms with Crippen LogP contribution in [0.4, 0.5) is 14.7 Å². The molecule has 0 aliphatic carbocycles. The lowest BCUT2D eigenvalue weighted by Crippen LogP contribution is -2.14. The summed E-state index contributed by atoms with van der Waals surface area (Å²) in [6.45, 7) is 6.00. The van der Waals surface area contributed by atoms with Gasteiger partial charge in [-0.15, -0.1) is 5.10 Å². The van der Waals surface area contributed by atoms with Crippen LogP contribution >= 0.6 is 0 Å². The SMILES string of the molecule is C=C(F)C(C/C=C/Nc1nc2n(n1)CCCCC[C@@H]2c1ccc(F)cc1)n1ncnc1C.[HH]. The molecule has 3 heterocycles. The number of fused-ring (bicyclic) bond motifs is 1. The number of rotatable bonds is 7. The maximum absolute atomic E-state index is 13.9. The molecular weight excluding hydrogens is 412 g/mol. The Morgan fingerprint density at radius 1 is 1.31 bits per heavy atom. The lowest BCUT2D eigenvalue weighted by atomic mass is 9.91. The van der Waals surface area contributed by atoms with Crippen molar-refractivity contribution in [1.82, 2.24) is 29.5 Å². The van der Waals surface area contributed by atoms with Gasteiger partial charge in [-0.1, -0.05) is 37.6 Å². The van der Waals surface area contributed by atoms with Crippen LogP contribution in [-0.4, -0.2) is 29.5 Å². The Labute approximate surface area is 187 Å². The number of nitrogens with one attached hydrogen (secondary N) is 1. The summed E-state index contributed by atoms with van der Waals surface area (Å²) >= 11 is 0. The quantitative estimate of drug-likeness (QED) is 0.538. The van der Waals surface area contributed by atoms with Crippen LogP contribution in [0.2, 0.25) is 0 Å². The first-order chi connectivity index (χ1) is 15.5. The van der Waals surface area contributed by atoms with Crippen LogP contribution in [0.15, 0.2) is 55.3 Å². The Bertz CT molecular complexity index is 1090. The van der Waals surface area contributed by atoms with E-state index in [1.807, 2.05) is 16.8 Å². The van der Waals surface area contributed by atoms with Gasteiger partial charge in [-0.3, -0.25) is 0 Å². The molecule has 170 valence electrons. The highest BCUT2D eigenvalue weighted by Crippen LogP contribution is 2.32. The zero-order valence-electron chi connectivity index (χ0n) is 18.1. The standard InChI is InChI=1S/C23H27F2N7.H2/c1-16(24)21(32-17(2)27-15-28-32)8-6-13-26-23-29-22-20(18-9-11-19(25)12-10-18)7-4-3-5-14-31(22)30-23;/h6,9-13,15,20-21H,1,3-5,7-8,14H2,2H3,(H,26,30);1H/b13-6+;/t20-,21?;/m1./s1. The van der Waals surface area contributed by atoms with E-state index in [9.17, 15) is 8.78 Å². The van der Waals surface area contributed by atoms with Crippen LogP contribution < -0.4 is 5.32 Å². The zero-order valence-corrected chi connectivity index (χ0v) is 18.1. The molecule has 1 aliphatic rings. The van der Waals surface area contributed by atoms with Crippen molar-refractivity contribution in [3.63, 3.8) is 0 Å². The van der Waals surface area contributed by atoms with Crippen molar-refractivity contribution < 1.29 is 10.2 Å². The largest absolute Gasteiger partial charge is 0.330 e. The molecule has 0 spiro atoms. The topological polar surface area (TPSA) is 73.5 Å². The second-order valence-electron chi connectivity index (χ2n) is 7.97. The molecule has 1 unspecified atom stereocenters. The van der Waals surface area contributed by atoms with Crippen molar-refractivity contribution in [2.75, 3.05) is 5.32 Å². The molecule has 0 fully saturated rings. The molecule has 1 aromatic carbocycles. The predicted molar refractivity (Wildman–Crippen MR) is 120 cm³/mol. The smallest absolute Gasteiger partial charge is 0.246 e. The molecule has 32 heavy (non-hydrogen) atoms. The van der Waals surface area contributed by atoms with Crippen LogP contribution in [0.1, 0.15) is 62.7 Å². The van der Waals surface area contributed by atoms with Crippen LogP contribution in [0.3, 0.4) is 0 Å². The summed E-state index contributed by atoms with van der Waals surface area (Å²) in [6, 6.07) is 6.01. The fourth-order valence-electron chi connectivity index (χ4n) is 4.07. The third-order valence-electron chi connectivity index (χ3n) is 5.75. The second kappa shape index (κ2) is 9.84. The van der Waals surface area contributed by atoms with Crippen LogP contribution in [0, 0.1) is 12.7 Å². The number of nitrogens with zero attached hydrogens (tertiary/aromatic N) is 6. The predicted octanol–water partition coefficient (Wildman–Crippen LogP) is 5.31. The molecule has 0 bridgehead atoms. The third kappa shape index (κ3) is 4.92. The fraction of sp³-hybridized carbons (Fsp3) is 0.391. The van der Waals surface area contributed by atoms with E-state index < -0.39 is 11.9 Å². The van der Waals surface area contributed by atoms with Gasteiger partial charge in [-0.05, 0) is 43.9 Å². The maximum Gasteiger partial charge on any atom is 0.246 e. The Balaban J connectivity index is 0.00000306. The van der Waals surface area contributed by atoms with Crippen molar-refractivity contribution in [2.24, 2.45) is 0 Å². The fourth-order valence-corrected chi connectivity index (χ4v) is 4.07. The second-order valence-corrected chi connectivity index (χ2v) is 7.97. The average Bonchev–Trinajstić information content (AvgIpc) is 3.35. The molecule has 7 nitrogen and oxygen atoms in total. The van der Waals surface area contributed by atoms with Crippen LogP contribution in [0.5, 0.6) is 0 Å². The molecule has 1 N–H and O–H groups in total. The maximum atomic E-state index is 13.9. The van der Waals surface area contributed by atoms with Gasteiger partial charge >= 0.3 is 0 Å². The van der Waals surface area contributed by atoms with Crippen molar-refractivity contribution in [3.05, 3.63) is 78.3 Å². The first-order valence-corrected chi connectivity index (χ1v) is 10.8. The number of benzene rings is 1. The highest BCUT2D eigenvalue weighted by Gasteiger charge is 2.23. The van der Waals surface area contributed by atoms with Crippen molar-refractivity contribution in [1.29, 1.82) is 0 Å². The minimum atomic E-state index is -0.617. The van der Waals surface area contributed by atoms with Gasteiger partial charge in [0.2, 0.25) is 5.95 Å². The zero-order chi connectivity index (χ0) is 22.5. The van der Waals surface area contributed by atoms with Gasteiger partial charge in [0.25, 0.3) is 0 Å². The normalized spacial score (nSPS) is 17.5. The monoisotopic (exact) mass is 441 g/mol. The summed E-state index contributed by atoms with van der Waals surface area (Å²) in [7, 11) is 0. The third-order valence-corrected chi connectivity index (χ3v) is 5.75. The van der Waals surface area contributed by atoms with Crippen molar-refractivity contribution in [3.8, 4) is 0 Å². The molecule has 0 saturated heterocycles.